The second-order valence-electron chi connectivity index (χ2n) is 4.03. The lowest BCUT2D eigenvalue weighted by atomic mass is 10.4. The Labute approximate surface area is 99.3 Å². The van der Waals surface area contributed by atoms with Gasteiger partial charge in [-0.3, -0.25) is 4.90 Å². The molecule has 0 unspecified atom stereocenters. The van der Waals surface area contributed by atoms with Crippen molar-refractivity contribution in [2.75, 3.05) is 32.0 Å². The molecule has 1 N–H and O–H groups in total. The minimum absolute atomic E-state index is 0.187. The van der Waals surface area contributed by atoms with Crippen LogP contribution in [0.1, 0.15) is 13.8 Å². The maximum absolute atomic E-state index is 12.1. The van der Waals surface area contributed by atoms with Gasteiger partial charge in [0.25, 0.3) is 0 Å². The Morgan fingerprint density at radius 2 is 1.76 bits per heavy atom. The molecule has 0 amide bonds. The lowest BCUT2D eigenvalue weighted by Crippen LogP contribution is -2.39. The monoisotopic (exact) mass is 277 g/mol. The molecule has 0 aromatic carbocycles. The largest absolute Gasteiger partial charge is 0.401 e. The average molecular weight is 277 g/mol. The normalized spacial score (nSPS) is 13.6. The second-order valence-corrected chi connectivity index (χ2v) is 6.71. The highest BCUT2D eigenvalue weighted by atomic mass is 32.2. The molecule has 0 aromatic rings. The van der Waals surface area contributed by atoms with Gasteiger partial charge in [0.05, 0.1) is 24.2 Å². The lowest BCUT2D eigenvalue weighted by Gasteiger charge is -2.22. The number of nitrogens with zero attached hydrogens (tertiary/aromatic N) is 1. The van der Waals surface area contributed by atoms with Crippen LogP contribution in [0.5, 0.6) is 0 Å². The fourth-order valence-electron chi connectivity index (χ4n) is 1.16. The van der Waals surface area contributed by atoms with Gasteiger partial charge in [-0.1, -0.05) is 0 Å². The Morgan fingerprint density at radius 1 is 1.24 bits per heavy atom. The lowest BCUT2D eigenvalue weighted by molar-refractivity contribution is -0.146. The smallest absolute Gasteiger partial charge is 0.395 e. The van der Waals surface area contributed by atoms with Gasteiger partial charge in [0.2, 0.25) is 0 Å². The maximum Gasteiger partial charge on any atom is 0.401 e. The number of aliphatic hydroxyl groups excluding tert-OH is 1. The van der Waals surface area contributed by atoms with E-state index in [-0.39, 0.29) is 18.8 Å². The van der Waals surface area contributed by atoms with Crippen molar-refractivity contribution in [2.24, 2.45) is 0 Å². The van der Waals surface area contributed by atoms with E-state index in [1.165, 1.54) is 13.8 Å². The number of rotatable bonds is 7. The van der Waals surface area contributed by atoms with Gasteiger partial charge >= 0.3 is 6.18 Å². The predicted octanol–water partition coefficient (Wildman–Crippen LogP) is 0.666. The Bertz CT molecular complexity index is 314. The van der Waals surface area contributed by atoms with E-state index in [2.05, 4.69) is 0 Å². The van der Waals surface area contributed by atoms with E-state index in [0.29, 0.717) is 0 Å². The Morgan fingerprint density at radius 3 is 2.12 bits per heavy atom. The van der Waals surface area contributed by atoms with E-state index in [9.17, 15) is 21.6 Å². The first-order valence-electron chi connectivity index (χ1n) is 5.20. The molecular weight excluding hydrogens is 259 g/mol. The number of hydrogen-bond donors (Lipinski definition) is 1. The molecule has 104 valence electrons. The zero-order valence-corrected chi connectivity index (χ0v) is 10.7. The molecule has 0 atom stereocenters. The summed E-state index contributed by atoms with van der Waals surface area (Å²) in [4.78, 5) is 0.889. The van der Waals surface area contributed by atoms with E-state index < -0.39 is 34.4 Å². The van der Waals surface area contributed by atoms with Crippen molar-refractivity contribution in [3.8, 4) is 0 Å². The molecular formula is C9H18F3NO3S. The van der Waals surface area contributed by atoms with Crippen LogP contribution in [-0.2, 0) is 9.84 Å². The van der Waals surface area contributed by atoms with Gasteiger partial charge in [0.1, 0.15) is 0 Å². The molecule has 4 nitrogen and oxygen atoms in total. The minimum Gasteiger partial charge on any atom is -0.395 e. The quantitative estimate of drug-likeness (QED) is 0.743. The molecule has 0 aliphatic heterocycles. The van der Waals surface area contributed by atoms with E-state index in [0.717, 1.165) is 4.90 Å². The zero-order valence-electron chi connectivity index (χ0n) is 9.87. The van der Waals surface area contributed by atoms with Crippen LogP contribution >= 0.6 is 0 Å². The first kappa shape index (κ1) is 16.7. The Hall–Kier alpha value is -0.340. The summed E-state index contributed by atoms with van der Waals surface area (Å²) in [6.07, 6.45) is -4.39. The molecule has 0 spiro atoms. The summed E-state index contributed by atoms with van der Waals surface area (Å²) in [5.74, 6) is -0.333. The molecule has 0 aliphatic carbocycles. The Kier molecular flexibility index (Phi) is 6.42. The third kappa shape index (κ3) is 7.56. The summed E-state index contributed by atoms with van der Waals surface area (Å²) in [6, 6.07) is 0. The first-order valence-corrected chi connectivity index (χ1v) is 6.91. The third-order valence-electron chi connectivity index (χ3n) is 2.23. The molecule has 0 saturated heterocycles. The van der Waals surface area contributed by atoms with E-state index in [4.69, 9.17) is 5.11 Å². The van der Waals surface area contributed by atoms with Crippen LogP contribution in [0.2, 0.25) is 0 Å². The fraction of sp³-hybridized carbons (Fsp3) is 1.00. The SMILES string of the molecule is CC(C)S(=O)(=O)CCN(CCO)CC(F)(F)F. The van der Waals surface area contributed by atoms with Gasteiger partial charge in [-0.05, 0) is 13.8 Å². The van der Waals surface area contributed by atoms with Gasteiger partial charge in [0.15, 0.2) is 9.84 Å². The number of alkyl halides is 3. The molecule has 0 aliphatic rings. The van der Waals surface area contributed by atoms with Crippen LogP contribution in [0, 0.1) is 0 Å². The summed E-state index contributed by atoms with van der Waals surface area (Å²) in [5, 5.41) is 8.01. The number of sulfone groups is 1. The molecule has 0 aromatic heterocycles. The molecule has 0 rings (SSSR count). The van der Waals surface area contributed by atoms with Crippen LogP contribution in [0.4, 0.5) is 13.2 Å². The van der Waals surface area contributed by atoms with Gasteiger partial charge < -0.3 is 5.11 Å². The standard InChI is InChI=1S/C9H18F3NO3S/c1-8(2)17(15,16)6-4-13(3-5-14)7-9(10,11)12/h8,14H,3-7H2,1-2H3. The van der Waals surface area contributed by atoms with Crippen molar-refractivity contribution in [3.63, 3.8) is 0 Å². The molecule has 0 heterocycles. The van der Waals surface area contributed by atoms with Crippen LogP contribution in [0.25, 0.3) is 0 Å². The Balaban J connectivity index is 4.37. The number of hydrogen-bond acceptors (Lipinski definition) is 4. The van der Waals surface area contributed by atoms with Crippen molar-refractivity contribution < 1.29 is 26.7 Å². The number of aliphatic hydroxyl groups is 1. The maximum atomic E-state index is 12.1. The van der Waals surface area contributed by atoms with Crippen LogP contribution in [0.15, 0.2) is 0 Å². The highest BCUT2D eigenvalue weighted by Crippen LogP contribution is 2.16. The van der Waals surface area contributed by atoms with Crippen molar-refractivity contribution in [1.29, 1.82) is 0 Å². The first-order chi connectivity index (χ1) is 7.58. The fourth-order valence-corrected chi connectivity index (χ4v) is 2.14. The summed E-state index contributed by atoms with van der Waals surface area (Å²) in [5.41, 5.74) is 0. The van der Waals surface area contributed by atoms with Crippen molar-refractivity contribution in [3.05, 3.63) is 0 Å². The molecule has 0 fully saturated rings. The van der Waals surface area contributed by atoms with Crippen LogP contribution in [-0.4, -0.2) is 61.8 Å². The van der Waals surface area contributed by atoms with Gasteiger partial charge in [-0.25, -0.2) is 8.42 Å². The van der Waals surface area contributed by atoms with Crippen molar-refractivity contribution in [1.82, 2.24) is 4.90 Å². The van der Waals surface area contributed by atoms with Crippen molar-refractivity contribution >= 4 is 9.84 Å². The van der Waals surface area contributed by atoms with E-state index in [1.54, 1.807) is 0 Å². The predicted molar refractivity (Wildman–Crippen MR) is 58.5 cm³/mol. The summed E-state index contributed by atoms with van der Waals surface area (Å²) in [7, 11) is -3.36. The van der Waals surface area contributed by atoms with Crippen molar-refractivity contribution in [2.45, 2.75) is 25.3 Å². The highest BCUT2D eigenvalue weighted by molar-refractivity contribution is 7.92. The molecule has 0 radical (unpaired) electrons. The molecule has 0 saturated carbocycles. The van der Waals surface area contributed by atoms with E-state index >= 15 is 0 Å². The van der Waals surface area contributed by atoms with Crippen LogP contribution in [0.3, 0.4) is 0 Å². The molecule has 8 heteroatoms. The summed E-state index contributed by atoms with van der Waals surface area (Å²) < 4.78 is 59.3. The minimum atomic E-state index is -4.39. The van der Waals surface area contributed by atoms with E-state index in [1.807, 2.05) is 0 Å². The van der Waals surface area contributed by atoms with Gasteiger partial charge in [-0.2, -0.15) is 13.2 Å². The zero-order chi connectivity index (χ0) is 13.7. The molecule has 0 bridgehead atoms. The second kappa shape index (κ2) is 6.55. The average Bonchev–Trinajstić information content (AvgIpc) is 2.12. The van der Waals surface area contributed by atoms with Gasteiger partial charge in [0, 0.05) is 13.1 Å². The summed E-state index contributed by atoms with van der Waals surface area (Å²) >= 11 is 0. The third-order valence-corrected chi connectivity index (χ3v) is 4.42. The van der Waals surface area contributed by atoms with Gasteiger partial charge in [-0.15, -0.1) is 0 Å². The van der Waals surface area contributed by atoms with Crippen LogP contribution < -0.4 is 0 Å². The highest BCUT2D eigenvalue weighted by Gasteiger charge is 2.31. The molecule has 17 heavy (non-hydrogen) atoms. The summed E-state index contributed by atoms with van der Waals surface area (Å²) in [6.45, 7) is 0.914. The topological polar surface area (TPSA) is 57.6 Å². The number of halogens is 3.